The molecule has 22 heavy (non-hydrogen) atoms. The zero-order valence-corrected chi connectivity index (χ0v) is 13.7. The van der Waals surface area contributed by atoms with Gasteiger partial charge in [0, 0.05) is 25.6 Å². The fraction of sp³-hybridized carbons (Fsp3) is 0.812. The van der Waals surface area contributed by atoms with Crippen molar-refractivity contribution in [2.45, 2.75) is 51.6 Å². The summed E-state index contributed by atoms with van der Waals surface area (Å²) in [5, 5.41) is 5.70. The van der Waals surface area contributed by atoms with Crippen molar-refractivity contribution in [3.05, 3.63) is 0 Å². The number of nitrogens with one attached hydrogen (secondary N) is 2. The van der Waals surface area contributed by atoms with E-state index in [4.69, 9.17) is 14.2 Å². The smallest absolute Gasteiger partial charge is 0.407 e. The molecule has 2 N–H and O–H groups in total. The Morgan fingerprint density at radius 1 is 1.27 bits per heavy atom. The van der Waals surface area contributed by atoms with Gasteiger partial charge in [0.1, 0.15) is 12.7 Å². The van der Waals surface area contributed by atoms with E-state index < -0.39 is 11.7 Å². The van der Waals surface area contributed by atoms with Crippen LogP contribution in [0.25, 0.3) is 0 Å². The first-order chi connectivity index (χ1) is 10.7. The number of carbonyl (C=O) groups excluding carboxylic acids is 1. The van der Waals surface area contributed by atoms with E-state index in [0.29, 0.717) is 26.2 Å². The van der Waals surface area contributed by atoms with Crippen LogP contribution in [-0.4, -0.2) is 44.6 Å². The van der Waals surface area contributed by atoms with Crippen molar-refractivity contribution in [1.29, 1.82) is 0 Å². The molecule has 1 atom stereocenters. The lowest BCUT2D eigenvalue weighted by Gasteiger charge is -2.26. The van der Waals surface area contributed by atoms with E-state index in [2.05, 4.69) is 36.6 Å². The Hall–Kier alpha value is -1.61. The lowest BCUT2D eigenvalue weighted by atomic mass is 10.1. The first-order valence-electron chi connectivity index (χ1n) is 8.11. The Morgan fingerprint density at radius 3 is 2.73 bits per heavy atom. The maximum Gasteiger partial charge on any atom is 0.407 e. The van der Waals surface area contributed by atoms with Crippen molar-refractivity contribution in [2.75, 3.05) is 32.9 Å². The van der Waals surface area contributed by atoms with Gasteiger partial charge >= 0.3 is 6.09 Å². The molecule has 0 aromatic heterocycles. The van der Waals surface area contributed by atoms with Gasteiger partial charge in [0.2, 0.25) is 0 Å². The van der Waals surface area contributed by atoms with Crippen LogP contribution in [-0.2, 0) is 14.2 Å². The maximum absolute atomic E-state index is 11.8. The summed E-state index contributed by atoms with van der Waals surface area (Å²) < 4.78 is 16.2. The molecule has 0 spiro atoms. The number of hydrogen-bond acceptors (Lipinski definition) is 5. The third kappa shape index (κ3) is 7.41. The van der Waals surface area contributed by atoms with Gasteiger partial charge in [-0.3, -0.25) is 0 Å². The molecule has 0 saturated carbocycles. The molecular weight excluding hydrogens is 284 g/mol. The Labute approximate surface area is 133 Å². The van der Waals surface area contributed by atoms with Crippen LogP contribution in [0.15, 0.2) is 0 Å². The molecule has 0 radical (unpaired) electrons. The van der Waals surface area contributed by atoms with Crippen LogP contribution in [0.3, 0.4) is 0 Å². The van der Waals surface area contributed by atoms with Gasteiger partial charge in [-0.25, -0.2) is 4.79 Å². The van der Waals surface area contributed by atoms with Gasteiger partial charge in [0.05, 0.1) is 13.2 Å². The molecule has 1 fully saturated rings. The molecule has 0 aromatic carbocycles. The van der Waals surface area contributed by atoms with E-state index >= 15 is 0 Å². The Bertz CT molecular complexity index is 370. The second kappa shape index (κ2) is 11.0. The van der Waals surface area contributed by atoms with E-state index in [1.54, 1.807) is 0 Å². The largest absolute Gasteiger partial charge is 0.441 e. The number of carbonyl (C=O) groups is 1. The van der Waals surface area contributed by atoms with Gasteiger partial charge in [-0.05, 0) is 12.8 Å². The predicted octanol–water partition coefficient (Wildman–Crippen LogP) is 2.00. The fourth-order valence-corrected chi connectivity index (χ4v) is 1.98. The second-order valence-corrected chi connectivity index (χ2v) is 5.45. The van der Waals surface area contributed by atoms with Gasteiger partial charge < -0.3 is 24.8 Å². The monoisotopic (exact) mass is 312 g/mol. The summed E-state index contributed by atoms with van der Waals surface area (Å²) >= 11 is 0. The minimum atomic E-state index is -0.728. The minimum Gasteiger partial charge on any atom is -0.441 e. The minimum absolute atomic E-state index is 0.219. The molecule has 1 rings (SSSR count). The number of unbranched alkanes of at least 4 members (excludes halogenated alkanes) is 2. The van der Waals surface area contributed by atoms with Crippen LogP contribution in [0.5, 0.6) is 0 Å². The highest BCUT2D eigenvalue weighted by molar-refractivity contribution is 5.67. The molecule has 6 nitrogen and oxygen atoms in total. The molecule has 1 heterocycles. The zero-order valence-electron chi connectivity index (χ0n) is 13.7. The number of ether oxygens (including phenoxy) is 3. The molecule has 1 amide bonds. The van der Waals surface area contributed by atoms with Crippen molar-refractivity contribution in [2.24, 2.45) is 0 Å². The zero-order chi connectivity index (χ0) is 16.1. The Morgan fingerprint density at radius 2 is 2.05 bits per heavy atom. The molecular formula is C16H28N2O4. The highest BCUT2D eigenvalue weighted by Crippen LogP contribution is 2.23. The molecule has 1 aliphatic rings. The number of amides is 1. The van der Waals surface area contributed by atoms with Crippen molar-refractivity contribution >= 4 is 6.09 Å². The topological polar surface area (TPSA) is 68.8 Å². The molecule has 1 unspecified atom stereocenters. The highest BCUT2D eigenvalue weighted by atomic mass is 16.6. The van der Waals surface area contributed by atoms with E-state index in [9.17, 15) is 4.79 Å². The van der Waals surface area contributed by atoms with Crippen LogP contribution < -0.4 is 10.6 Å². The summed E-state index contributed by atoms with van der Waals surface area (Å²) in [6, 6.07) is 2.74. The van der Waals surface area contributed by atoms with Crippen molar-refractivity contribution in [1.82, 2.24) is 10.6 Å². The molecule has 1 saturated heterocycles. The average Bonchev–Trinajstić information content (AvgIpc) is 2.95. The fourth-order valence-electron chi connectivity index (χ4n) is 1.98. The SMILES string of the molecule is CCCCNC#COCC1(OC(=O)NCCCC)CCOC1. The summed E-state index contributed by atoms with van der Waals surface area (Å²) in [7, 11) is 0. The normalized spacial score (nSPS) is 19.9. The Balaban J connectivity index is 2.32. The molecule has 1 aliphatic heterocycles. The summed E-state index contributed by atoms with van der Waals surface area (Å²) in [4.78, 5) is 11.8. The van der Waals surface area contributed by atoms with Crippen LogP contribution >= 0.6 is 0 Å². The molecule has 126 valence electrons. The molecule has 0 aromatic rings. The first-order valence-corrected chi connectivity index (χ1v) is 8.11. The standard InChI is InChI=1S/C16H28N2O4/c1-3-5-8-17-10-12-21-14-16(7-11-20-13-16)22-15(19)18-9-6-4-2/h17H,3-9,11,13-14H2,1-2H3,(H,18,19). The van der Waals surface area contributed by atoms with Crippen LogP contribution in [0.2, 0.25) is 0 Å². The van der Waals surface area contributed by atoms with Gasteiger partial charge in [0.15, 0.2) is 5.60 Å². The van der Waals surface area contributed by atoms with Crippen molar-refractivity contribution in [3.8, 4) is 12.2 Å². The van der Waals surface area contributed by atoms with Gasteiger partial charge in [-0.1, -0.05) is 26.7 Å². The quantitative estimate of drug-likeness (QED) is 0.387. The number of alkyl carbamates (subject to hydrolysis) is 1. The summed E-state index contributed by atoms with van der Waals surface area (Å²) in [6.07, 6.45) is 6.96. The summed E-state index contributed by atoms with van der Waals surface area (Å²) in [5.41, 5.74) is -0.728. The van der Waals surface area contributed by atoms with Crippen LogP contribution in [0, 0.1) is 12.2 Å². The van der Waals surface area contributed by atoms with E-state index in [0.717, 1.165) is 32.2 Å². The van der Waals surface area contributed by atoms with Gasteiger partial charge in [-0.2, -0.15) is 0 Å². The molecule has 6 heteroatoms. The van der Waals surface area contributed by atoms with Gasteiger partial charge in [-0.15, -0.1) is 0 Å². The molecule has 0 aliphatic carbocycles. The number of rotatable bonds is 9. The Kier molecular flexibility index (Phi) is 9.24. The molecule has 0 bridgehead atoms. The third-order valence-electron chi connectivity index (χ3n) is 3.38. The van der Waals surface area contributed by atoms with Crippen LogP contribution in [0.1, 0.15) is 46.0 Å². The average molecular weight is 312 g/mol. The van der Waals surface area contributed by atoms with Crippen molar-refractivity contribution in [3.63, 3.8) is 0 Å². The third-order valence-corrected chi connectivity index (χ3v) is 3.38. The van der Waals surface area contributed by atoms with E-state index in [-0.39, 0.29) is 6.61 Å². The lowest BCUT2D eigenvalue weighted by molar-refractivity contribution is -0.0342. The number of hydrogen-bond donors (Lipinski definition) is 2. The summed E-state index contributed by atoms with van der Waals surface area (Å²) in [6.45, 7) is 6.79. The lowest BCUT2D eigenvalue weighted by Crippen LogP contribution is -2.43. The summed E-state index contributed by atoms with van der Waals surface area (Å²) in [5.74, 6) is 0. The second-order valence-electron chi connectivity index (χ2n) is 5.45. The van der Waals surface area contributed by atoms with E-state index in [1.807, 2.05) is 0 Å². The van der Waals surface area contributed by atoms with E-state index in [1.165, 1.54) is 0 Å². The van der Waals surface area contributed by atoms with Crippen molar-refractivity contribution < 1.29 is 19.0 Å². The van der Waals surface area contributed by atoms with Gasteiger partial charge in [0.25, 0.3) is 0 Å². The van der Waals surface area contributed by atoms with Crippen LogP contribution in [0.4, 0.5) is 4.79 Å². The first kappa shape index (κ1) is 18.4. The predicted molar refractivity (Wildman–Crippen MR) is 84.2 cm³/mol. The maximum atomic E-state index is 11.8. The highest BCUT2D eigenvalue weighted by Gasteiger charge is 2.40.